The van der Waals surface area contributed by atoms with Gasteiger partial charge in [-0.3, -0.25) is 4.90 Å². The maximum atomic E-state index is 3.78. The molecule has 2 heteroatoms. The second-order valence-corrected chi connectivity index (χ2v) is 6.77. The Morgan fingerprint density at radius 3 is 2.44 bits per heavy atom. The molecule has 0 amide bonds. The van der Waals surface area contributed by atoms with Gasteiger partial charge in [0.05, 0.1) is 0 Å². The van der Waals surface area contributed by atoms with Gasteiger partial charge in [0, 0.05) is 25.2 Å². The van der Waals surface area contributed by atoms with Crippen LogP contribution in [0.1, 0.15) is 60.3 Å². The molecular weight excluding hydrogens is 220 g/mol. The molecule has 1 aliphatic rings. The van der Waals surface area contributed by atoms with Crippen molar-refractivity contribution in [3.05, 3.63) is 0 Å². The van der Waals surface area contributed by atoms with E-state index in [1.165, 1.54) is 45.3 Å². The summed E-state index contributed by atoms with van der Waals surface area (Å²) in [6.07, 6.45) is 5.41. The first kappa shape index (κ1) is 16.0. The molecule has 18 heavy (non-hydrogen) atoms. The van der Waals surface area contributed by atoms with Gasteiger partial charge in [0.25, 0.3) is 0 Å². The molecule has 0 aromatic carbocycles. The first-order valence-corrected chi connectivity index (χ1v) is 8.00. The van der Waals surface area contributed by atoms with Crippen LogP contribution in [0.4, 0.5) is 0 Å². The lowest BCUT2D eigenvalue weighted by atomic mass is 9.89. The van der Waals surface area contributed by atoms with Crippen LogP contribution in [0.3, 0.4) is 0 Å². The molecule has 2 nitrogen and oxygen atoms in total. The molecular formula is C16H34N2. The second-order valence-electron chi connectivity index (χ2n) is 6.77. The molecule has 1 aliphatic heterocycles. The van der Waals surface area contributed by atoms with Crippen molar-refractivity contribution in [3.63, 3.8) is 0 Å². The van der Waals surface area contributed by atoms with Gasteiger partial charge in [0.15, 0.2) is 0 Å². The first-order valence-electron chi connectivity index (χ1n) is 8.00. The summed E-state index contributed by atoms with van der Waals surface area (Å²) in [5, 5.41) is 3.78. The topological polar surface area (TPSA) is 15.3 Å². The summed E-state index contributed by atoms with van der Waals surface area (Å²) in [7, 11) is 0. The molecule has 1 fully saturated rings. The van der Waals surface area contributed by atoms with Gasteiger partial charge in [0.2, 0.25) is 0 Å². The van der Waals surface area contributed by atoms with Gasteiger partial charge in [-0.1, -0.05) is 27.2 Å². The lowest BCUT2D eigenvalue weighted by molar-refractivity contribution is 0.107. The highest BCUT2D eigenvalue weighted by Gasteiger charge is 2.27. The van der Waals surface area contributed by atoms with E-state index in [4.69, 9.17) is 0 Å². The normalized spacial score (nSPS) is 26.2. The van der Waals surface area contributed by atoms with E-state index in [1.807, 2.05) is 0 Å². The van der Waals surface area contributed by atoms with Crippen LogP contribution in [0, 0.1) is 11.8 Å². The standard InChI is InChI=1S/C16H34N2/c1-6-7-15-10-16(17-9-8-13(2)3)12-18(11-15)14(4)5/h13-17H,6-12H2,1-5H3. The van der Waals surface area contributed by atoms with E-state index in [0.29, 0.717) is 6.04 Å². The highest BCUT2D eigenvalue weighted by molar-refractivity contribution is 4.84. The van der Waals surface area contributed by atoms with E-state index in [9.17, 15) is 0 Å². The number of piperidine rings is 1. The predicted molar refractivity (Wildman–Crippen MR) is 81.0 cm³/mol. The molecule has 2 unspecified atom stereocenters. The fourth-order valence-corrected chi connectivity index (χ4v) is 3.00. The molecule has 0 saturated carbocycles. The zero-order chi connectivity index (χ0) is 13.5. The Kier molecular flexibility index (Phi) is 7.25. The summed E-state index contributed by atoms with van der Waals surface area (Å²) in [6, 6.07) is 1.41. The Morgan fingerprint density at radius 2 is 1.89 bits per heavy atom. The minimum absolute atomic E-state index is 0.694. The Labute approximate surface area is 115 Å². The minimum Gasteiger partial charge on any atom is -0.313 e. The smallest absolute Gasteiger partial charge is 0.0198 e. The third-order valence-corrected chi connectivity index (χ3v) is 4.15. The van der Waals surface area contributed by atoms with Crippen LogP contribution in [0.5, 0.6) is 0 Å². The van der Waals surface area contributed by atoms with Gasteiger partial charge >= 0.3 is 0 Å². The lowest BCUT2D eigenvalue weighted by Gasteiger charge is -2.40. The summed E-state index contributed by atoms with van der Waals surface area (Å²) >= 11 is 0. The van der Waals surface area contributed by atoms with Gasteiger partial charge in [-0.15, -0.1) is 0 Å². The van der Waals surface area contributed by atoms with Gasteiger partial charge in [-0.25, -0.2) is 0 Å². The van der Waals surface area contributed by atoms with Gasteiger partial charge < -0.3 is 5.32 Å². The number of nitrogens with zero attached hydrogens (tertiary/aromatic N) is 1. The zero-order valence-corrected chi connectivity index (χ0v) is 13.2. The Hall–Kier alpha value is -0.0800. The lowest BCUT2D eigenvalue weighted by Crippen LogP contribution is -2.51. The summed E-state index contributed by atoms with van der Waals surface area (Å²) in [5.74, 6) is 1.72. The number of likely N-dealkylation sites (tertiary alicyclic amines) is 1. The molecule has 2 atom stereocenters. The van der Waals surface area contributed by atoms with Crippen molar-refractivity contribution in [2.24, 2.45) is 11.8 Å². The molecule has 0 radical (unpaired) electrons. The summed E-state index contributed by atoms with van der Waals surface area (Å²) in [4.78, 5) is 2.66. The highest BCUT2D eigenvalue weighted by Crippen LogP contribution is 2.22. The van der Waals surface area contributed by atoms with Gasteiger partial charge in [-0.2, -0.15) is 0 Å². The SMILES string of the molecule is CCCC1CC(NCCC(C)C)CN(C(C)C)C1. The van der Waals surface area contributed by atoms with Crippen molar-refractivity contribution < 1.29 is 0 Å². The molecule has 0 bridgehead atoms. The largest absolute Gasteiger partial charge is 0.313 e. The zero-order valence-electron chi connectivity index (χ0n) is 13.2. The van der Waals surface area contributed by atoms with Crippen LogP contribution in [-0.2, 0) is 0 Å². The fourth-order valence-electron chi connectivity index (χ4n) is 3.00. The Bertz CT molecular complexity index is 213. The predicted octanol–water partition coefficient (Wildman–Crippen LogP) is 3.52. The average molecular weight is 254 g/mol. The Morgan fingerprint density at radius 1 is 1.17 bits per heavy atom. The second kappa shape index (κ2) is 8.16. The van der Waals surface area contributed by atoms with E-state index >= 15 is 0 Å². The van der Waals surface area contributed by atoms with E-state index in [-0.39, 0.29) is 0 Å². The molecule has 0 spiro atoms. The molecule has 0 aromatic rings. The molecule has 1 heterocycles. The number of rotatable bonds is 7. The number of nitrogens with one attached hydrogen (secondary N) is 1. The summed E-state index contributed by atoms with van der Waals surface area (Å²) < 4.78 is 0. The van der Waals surface area contributed by atoms with Crippen molar-refractivity contribution in [1.82, 2.24) is 10.2 Å². The van der Waals surface area contributed by atoms with Crippen LogP contribution < -0.4 is 5.32 Å². The van der Waals surface area contributed by atoms with Crippen LogP contribution in [0.25, 0.3) is 0 Å². The third-order valence-electron chi connectivity index (χ3n) is 4.15. The van der Waals surface area contributed by atoms with Crippen molar-refractivity contribution >= 4 is 0 Å². The summed E-state index contributed by atoms with van der Waals surface area (Å²) in [6.45, 7) is 15.3. The first-order chi connectivity index (χ1) is 8.52. The molecule has 108 valence electrons. The van der Waals surface area contributed by atoms with Crippen molar-refractivity contribution in [2.45, 2.75) is 72.4 Å². The van der Waals surface area contributed by atoms with Crippen LogP contribution >= 0.6 is 0 Å². The molecule has 0 aliphatic carbocycles. The number of hydrogen-bond acceptors (Lipinski definition) is 2. The minimum atomic E-state index is 0.694. The van der Waals surface area contributed by atoms with Crippen LogP contribution in [0.15, 0.2) is 0 Å². The maximum absolute atomic E-state index is 3.78. The average Bonchev–Trinajstić information content (AvgIpc) is 2.28. The van der Waals surface area contributed by atoms with E-state index in [2.05, 4.69) is 44.8 Å². The monoisotopic (exact) mass is 254 g/mol. The quantitative estimate of drug-likeness (QED) is 0.748. The van der Waals surface area contributed by atoms with Crippen molar-refractivity contribution in [3.8, 4) is 0 Å². The molecule has 1 rings (SSSR count). The molecule has 1 N–H and O–H groups in total. The van der Waals surface area contributed by atoms with E-state index in [1.54, 1.807) is 0 Å². The summed E-state index contributed by atoms with van der Waals surface area (Å²) in [5.41, 5.74) is 0. The maximum Gasteiger partial charge on any atom is 0.0198 e. The van der Waals surface area contributed by atoms with E-state index in [0.717, 1.165) is 17.9 Å². The van der Waals surface area contributed by atoms with E-state index < -0.39 is 0 Å². The van der Waals surface area contributed by atoms with Crippen molar-refractivity contribution in [2.75, 3.05) is 19.6 Å². The number of hydrogen-bond donors (Lipinski definition) is 1. The van der Waals surface area contributed by atoms with Gasteiger partial charge in [0.1, 0.15) is 0 Å². The fraction of sp³-hybridized carbons (Fsp3) is 1.00. The van der Waals surface area contributed by atoms with Crippen LogP contribution in [-0.4, -0.2) is 36.6 Å². The molecule has 0 aromatic heterocycles. The third kappa shape index (κ3) is 5.71. The highest BCUT2D eigenvalue weighted by atomic mass is 15.2. The molecule has 1 saturated heterocycles. The van der Waals surface area contributed by atoms with Gasteiger partial charge in [-0.05, 0) is 51.5 Å². The van der Waals surface area contributed by atoms with Crippen molar-refractivity contribution in [1.29, 1.82) is 0 Å². The Balaban J connectivity index is 2.40. The van der Waals surface area contributed by atoms with Crippen LogP contribution in [0.2, 0.25) is 0 Å².